The molecule has 5 nitrogen and oxygen atoms in total. The van der Waals surface area contributed by atoms with E-state index in [1.54, 1.807) is 12.1 Å². The average Bonchev–Trinajstić information content (AvgIpc) is 3.09. The van der Waals surface area contributed by atoms with Crippen LogP contribution in [0.5, 0.6) is 0 Å². The first-order valence-corrected chi connectivity index (χ1v) is 9.79. The summed E-state index contributed by atoms with van der Waals surface area (Å²) in [4.78, 5) is 12.3. The second kappa shape index (κ2) is 6.24. The fourth-order valence-corrected chi connectivity index (χ4v) is 4.71. The van der Waals surface area contributed by atoms with E-state index in [9.17, 15) is 13.2 Å². The molecule has 1 amide bonds. The number of fused-ring (bicyclic) bond motifs is 2. The van der Waals surface area contributed by atoms with Crippen LogP contribution in [0, 0.1) is 17.8 Å². The molecule has 2 aliphatic carbocycles. The van der Waals surface area contributed by atoms with Gasteiger partial charge in [-0.25, -0.2) is 13.6 Å². The molecule has 0 aromatic heterocycles. The number of nitrogens with one attached hydrogen (secondary N) is 1. The van der Waals surface area contributed by atoms with Crippen molar-refractivity contribution in [2.24, 2.45) is 22.9 Å². The number of hydrogen-bond donors (Lipinski definition) is 2. The predicted octanol–water partition coefficient (Wildman–Crippen LogP) is 2.34. The number of primary sulfonamides is 1. The average molecular weight is 336 g/mol. The maximum absolute atomic E-state index is 12.3. The Kier molecular flexibility index (Phi) is 4.47. The lowest BCUT2D eigenvalue weighted by Gasteiger charge is -2.22. The summed E-state index contributed by atoms with van der Waals surface area (Å²) in [5, 5.41) is 8.11. The van der Waals surface area contributed by atoms with Crippen molar-refractivity contribution < 1.29 is 13.2 Å². The van der Waals surface area contributed by atoms with E-state index in [2.05, 4.69) is 5.32 Å². The van der Waals surface area contributed by atoms with E-state index in [1.165, 1.54) is 37.8 Å². The zero-order valence-corrected chi connectivity index (χ0v) is 14.2. The number of nitrogens with two attached hydrogens (primary N) is 1. The summed E-state index contributed by atoms with van der Waals surface area (Å²) in [6.45, 7) is 1.91. The lowest BCUT2D eigenvalue weighted by atomic mass is 9.86. The van der Waals surface area contributed by atoms with Crippen molar-refractivity contribution >= 4 is 15.9 Å². The smallest absolute Gasteiger partial charge is 0.238 e. The van der Waals surface area contributed by atoms with Crippen molar-refractivity contribution in [3.8, 4) is 0 Å². The predicted molar refractivity (Wildman–Crippen MR) is 87.9 cm³/mol. The van der Waals surface area contributed by atoms with Crippen molar-refractivity contribution in [1.82, 2.24) is 5.32 Å². The second-order valence-electron chi connectivity index (χ2n) is 7.04. The molecule has 4 atom stereocenters. The van der Waals surface area contributed by atoms with Gasteiger partial charge in [-0.2, -0.15) is 0 Å². The number of amides is 1. The number of carbonyl (C=O) groups is 1. The minimum Gasteiger partial charge on any atom is -0.350 e. The van der Waals surface area contributed by atoms with E-state index >= 15 is 0 Å². The summed E-state index contributed by atoms with van der Waals surface area (Å²) >= 11 is 0. The largest absolute Gasteiger partial charge is 0.350 e. The van der Waals surface area contributed by atoms with Gasteiger partial charge >= 0.3 is 0 Å². The fourth-order valence-electron chi connectivity index (χ4n) is 4.19. The van der Waals surface area contributed by atoms with E-state index in [1.807, 2.05) is 6.92 Å². The maximum Gasteiger partial charge on any atom is 0.238 e. The molecule has 0 heterocycles. The van der Waals surface area contributed by atoms with E-state index in [0.717, 1.165) is 17.4 Å². The third-order valence-corrected chi connectivity index (χ3v) is 6.35. The molecule has 0 spiro atoms. The minimum atomic E-state index is -3.68. The Morgan fingerprint density at radius 1 is 1.26 bits per heavy atom. The molecule has 0 unspecified atom stereocenters. The molecule has 0 radical (unpaired) electrons. The highest BCUT2D eigenvalue weighted by atomic mass is 32.2. The molecular formula is C17H24N2O3S. The Hall–Kier alpha value is -1.40. The van der Waals surface area contributed by atoms with Crippen molar-refractivity contribution in [3.05, 3.63) is 29.8 Å². The van der Waals surface area contributed by atoms with Gasteiger partial charge in [-0.3, -0.25) is 4.79 Å². The number of benzene rings is 1. The zero-order valence-electron chi connectivity index (χ0n) is 13.4. The van der Waals surface area contributed by atoms with E-state index < -0.39 is 10.0 Å². The van der Waals surface area contributed by atoms with Crippen molar-refractivity contribution in [2.45, 2.75) is 50.0 Å². The van der Waals surface area contributed by atoms with Gasteiger partial charge < -0.3 is 5.32 Å². The van der Waals surface area contributed by atoms with Crippen LogP contribution in [0.15, 0.2) is 29.2 Å². The maximum atomic E-state index is 12.3. The molecule has 0 saturated heterocycles. The Balaban J connectivity index is 1.56. The van der Waals surface area contributed by atoms with Crippen LogP contribution in [0.2, 0.25) is 0 Å². The molecular weight excluding hydrogens is 312 g/mol. The molecule has 3 N–H and O–H groups in total. The number of rotatable bonds is 5. The highest BCUT2D eigenvalue weighted by Gasteiger charge is 2.40. The molecule has 2 saturated carbocycles. The van der Waals surface area contributed by atoms with Crippen LogP contribution < -0.4 is 10.5 Å². The van der Waals surface area contributed by atoms with Gasteiger partial charge in [0.2, 0.25) is 15.9 Å². The van der Waals surface area contributed by atoms with Crippen LogP contribution in [-0.2, 0) is 14.8 Å². The van der Waals surface area contributed by atoms with Crippen LogP contribution >= 0.6 is 0 Å². The molecule has 1 aromatic rings. The van der Waals surface area contributed by atoms with Gasteiger partial charge in [0.25, 0.3) is 0 Å². The number of carbonyl (C=O) groups excluding carboxylic acids is 1. The topological polar surface area (TPSA) is 89.3 Å². The van der Waals surface area contributed by atoms with Gasteiger partial charge in [0.1, 0.15) is 0 Å². The van der Waals surface area contributed by atoms with Crippen LogP contribution in [0.4, 0.5) is 0 Å². The molecule has 2 aliphatic rings. The monoisotopic (exact) mass is 336 g/mol. The first-order chi connectivity index (χ1) is 10.8. The van der Waals surface area contributed by atoms with Crippen LogP contribution in [-0.4, -0.2) is 14.3 Å². The van der Waals surface area contributed by atoms with Crippen molar-refractivity contribution in [3.63, 3.8) is 0 Å². The molecule has 1 aromatic carbocycles. The summed E-state index contributed by atoms with van der Waals surface area (Å²) in [5.41, 5.74) is 0.874. The van der Waals surface area contributed by atoms with E-state index in [-0.39, 0.29) is 16.8 Å². The summed E-state index contributed by atoms with van der Waals surface area (Å²) < 4.78 is 22.5. The van der Waals surface area contributed by atoms with Gasteiger partial charge in [0.15, 0.2) is 0 Å². The van der Waals surface area contributed by atoms with Gasteiger partial charge in [0.05, 0.1) is 10.9 Å². The Morgan fingerprint density at radius 3 is 2.48 bits per heavy atom. The van der Waals surface area contributed by atoms with Crippen LogP contribution in [0.3, 0.4) is 0 Å². The molecule has 2 fully saturated rings. The zero-order chi connectivity index (χ0) is 16.6. The quantitative estimate of drug-likeness (QED) is 0.865. The molecule has 3 rings (SSSR count). The van der Waals surface area contributed by atoms with Gasteiger partial charge in [-0.1, -0.05) is 18.6 Å². The molecule has 126 valence electrons. The van der Waals surface area contributed by atoms with Crippen LogP contribution in [0.25, 0.3) is 0 Å². The molecule has 0 aliphatic heterocycles. The highest BCUT2D eigenvalue weighted by Crippen LogP contribution is 2.49. The molecule has 23 heavy (non-hydrogen) atoms. The standard InChI is InChI=1S/C17H24N2O3S/c1-11(13-4-6-16(7-5-13)23(18,21)22)19-17(20)10-15-9-12-2-3-14(15)8-12/h4-7,11-12,14-15H,2-3,8-10H2,1H3,(H,19,20)(H2,18,21,22)/t11-,12+,14+,15+/m1/s1. The Morgan fingerprint density at radius 2 is 1.96 bits per heavy atom. The van der Waals surface area contributed by atoms with Gasteiger partial charge in [-0.15, -0.1) is 0 Å². The third kappa shape index (κ3) is 3.75. The number of hydrogen-bond acceptors (Lipinski definition) is 3. The summed E-state index contributed by atoms with van der Waals surface area (Å²) in [7, 11) is -3.68. The third-order valence-electron chi connectivity index (χ3n) is 5.42. The normalized spacial score (nSPS) is 27.8. The van der Waals surface area contributed by atoms with Crippen molar-refractivity contribution in [2.75, 3.05) is 0 Å². The molecule has 2 bridgehead atoms. The minimum absolute atomic E-state index is 0.0850. The fraction of sp³-hybridized carbons (Fsp3) is 0.588. The summed E-state index contributed by atoms with van der Waals surface area (Å²) in [6.07, 6.45) is 5.75. The first-order valence-electron chi connectivity index (χ1n) is 8.25. The Bertz CT molecular complexity index is 684. The van der Waals surface area contributed by atoms with Crippen LogP contribution in [0.1, 0.15) is 50.6 Å². The molecule has 6 heteroatoms. The van der Waals surface area contributed by atoms with E-state index in [4.69, 9.17) is 5.14 Å². The number of sulfonamides is 1. The Labute approximate surface area is 137 Å². The second-order valence-corrected chi connectivity index (χ2v) is 8.60. The van der Waals surface area contributed by atoms with Gasteiger partial charge in [0, 0.05) is 6.42 Å². The first kappa shape index (κ1) is 16.5. The van der Waals surface area contributed by atoms with E-state index in [0.29, 0.717) is 12.3 Å². The summed E-state index contributed by atoms with van der Waals surface area (Å²) in [6, 6.07) is 6.20. The SMILES string of the molecule is C[C@@H](NC(=O)C[C@@H]1C[C@H]2CC[C@H]1C2)c1ccc(S(N)(=O)=O)cc1. The van der Waals surface area contributed by atoms with Gasteiger partial charge in [-0.05, 0) is 61.6 Å². The van der Waals surface area contributed by atoms with Crippen molar-refractivity contribution in [1.29, 1.82) is 0 Å². The summed E-state index contributed by atoms with van der Waals surface area (Å²) in [5.74, 6) is 2.23. The highest BCUT2D eigenvalue weighted by molar-refractivity contribution is 7.89. The lowest BCUT2D eigenvalue weighted by molar-refractivity contribution is -0.123. The lowest BCUT2D eigenvalue weighted by Crippen LogP contribution is -2.29.